The number of hydrogen-bond acceptors (Lipinski definition) is 2. The predicted octanol–water partition coefficient (Wildman–Crippen LogP) is 2.31. The van der Waals surface area contributed by atoms with Crippen molar-refractivity contribution in [3.05, 3.63) is 35.4 Å². The number of carbonyl (C=O) groups excluding carboxylic acids is 1. The highest BCUT2D eigenvalue weighted by Gasteiger charge is 2.26. The van der Waals surface area contributed by atoms with Gasteiger partial charge in [-0.2, -0.15) is 0 Å². The normalized spacial score (nSPS) is 18.2. The van der Waals surface area contributed by atoms with Gasteiger partial charge in [-0.3, -0.25) is 10.1 Å². The van der Waals surface area contributed by atoms with Crippen molar-refractivity contribution in [2.24, 2.45) is 0 Å². The summed E-state index contributed by atoms with van der Waals surface area (Å²) in [4.78, 5) is 11.9. The van der Waals surface area contributed by atoms with Gasteiger partial charge >= 0.3 is 0 Å². The maximum Gasteiger partial charge on any atom is 0.237 e. The SMILES string of the molecule is Cc1cccc([C@@H](C)NC(C)C(=O)NC2CC2)c1. The standard InChI is InChI=1S/C15H22N2O/c1-10-5-4-6-13(9-10)11(2)16-12(3)15(18)17-14-7-8-14/h4-6,9,11-12,14,16H,7-8H2,1-3H3,(H,17,18)/t11-,12?/m1/s1. The summed E-state index contributed by atoms with van der Waals surface area (Å²) in [5.41, 5.74) is 2.47. The van der Waals surface area contributed by atoms with Crippen LogP contribution in [0, 0.1) is 6.92 Å². The number of benzene rings is 1. The van der Waals surface area contributed by atoms with Crippen LogP contribution in [0.4, 0.5) is 0 Å². The van der Waals surface area contributed by atoms with Gasteiger partial charge in [0.1, 0.15) is 0 Å². The first-order valence-corrected chi connectivity index (χ1v) is 6.69. The summed E-state index contributed by atoms with van der Waals surface area (Å²) in [7, 11) is 0. The second-order valence-electron chi connectivity index (χ2n) is 5.31. The molecule has 2 atom stereocenters. The molecule has 1 unspecified atom stereocenters. The van der Waals surface area contributed by atoms with Gasteiger partial charge in [0.2, 0.25) is 5.91 Å². The topological polar surface area (TPSA) is 41.1 Å². The zero-order valence-corrected chi connectivity index (χ0v) is 11.4. The third-order valence-corrected chi connectivity index (χ3v) is 3.36. The van der Waals surface area contributed by atoms with Crippen LogP contribution in [0.1, 0.15) is 43.9 Å². The molecule has 0 radical (unpaired) electrons. The van der Waals surface area contributed by atoms with E-state index in [9.17, 15) is 4.79 Å². The molecule has 1 aliphatic rings. The first-order valence-electron chi connectivity index (χ1n) is 6.69. The van der Waals surface area contributed by atoms with E-state index in [4.69, 9.17) is 0 Å². The van der Waals surface area contributed by atoms with Crippen LogP contribution in [0.3, 0.4) is 0 Å². The Balaban J connectivity index is 1.89. The molecule has 0 aliphatic heterocycles. The predicted molar refractivity (Wildman–Crippen MR) is 73.4 cm³/mol. The molecular formula is C15H22N2O. The molecule has 2 N–H and O–H groups in total. The lowest BCUT2D eigenvalue weighted by molar-refractivity contribution is -0.123. The van der Waals surface area contributed by atoms with Gasteiger partial charge in [0.15, 0.2) is 0 Å². The highest BCUT2D eigenvalue weighted by atomic mass is 16.2. The summed E-state index contributed by atoms with van der Waals surface area (Å²) in [6, 6.07) is 8.85. The van der Waals surface area contributed by atoms with E-state index >= 15 is 0 Å². The maximum absolute atomic E-state index is 11.9. The molecule has 1 aliphatic carbocycles. The maximum atomic E-state index is 11.9. The molecule has 0 saturated heterocycles. The average Bonchev–Trinajstić information content (AvgIpc) is 3.12. The fourth-order valence-electron chi connectivity index (χ4n) is 2.04. The molecule has 1 fully saturated rings. The van der Waals surface area contributed by atoms with Crippen molar-refractivity contribution in [1.29, 1.82) is 0 Å². The Morgan fingerprint density at radius 2 is 2.06 bits per heavy atom. The fourth-order valence-corrected chi connectivity index (χ4v) is 2.04. The zero-order valence-electron chi connectivity index (χ0n) is 11.4. The van der Waals surface area contributed by atoms with Gasteiger partial charge in [-0.25, -0.2) is 0 Å². The molecule has 0 aromatic heterocycles. The average molecular weight is 246 g/mol. The minimum atomic E-state index is -0.152. The van der Waals surface area contributed by atoms with Crippen LogP contribution in [0.2, 0.25) is 0 Å². The van der Waals surface area contributed by atoms with Gasteiger partial charge in [-0.15, -0.1) is 0 Å². The molecule has 3 heteroatoms. The van der Waals surface area contributed by atoms with Crippen molar-refractivity contribution in [3.8, 4) is 0 Å². The third kappa shape index (κ3) is 3.57. The monoisotopic (exact) mass is 246 g/mol. The highest BCUT2D eigenvalue weighted by Crippen LogP contribution is 2.19. The molecule has 2 rings (SSSR count). The number of hydrogen-bond donors (Lipinski definition) is 2. The smallest absolute Gasteiger partial charge is 0.237 e. The van der Waals surface area contributed by atoms with Crippen LogP contribution >= 0.6 is 0 Å². The van der Waals surface area contributed by atoms with Gasteiger partial charge < -0.3 is 5.32 Å². The minimum absolute atomic E-state index is 0.108. The third-order valence-electron chi connectivity index (χ3n) is 3.36. The molecule has 3 nitrogen and oxygen atoms in total. The summed E-state index contributed by atoms with van der Waals surface area (Å²) in [6.45, 7) is 6.10. The first-order chi connectivity index (χ1) is 8.56. The van der Waals surface area contributed by atoms with Crippen molar-refractivity contribution in [1.82, 2.24) is 10.6 Å². The molecular weight excluding hydrogens is 224 g/mol. The Kier molecular flexibility index (Phi) is 4.02. The summed E-state index contributed by atoms with van der Waals surface area (Å²) in [6.07, 6.45) is 2.26. The number of nitrogens with one attached hydrogen (secondary N) is 2. The molecule has 1 aromatic carbocycles. The molecule has 98 valence electrons. The second kappa shape index (κ2) is 5.53. The van der Waals surface area contributed by atoms with Crippen LogP contribution in [0.25, 0.3) is 0 Å². The highest BCUT2D eigenvalue weighted by molar-refractivity contribution is 5.81. The lowest BCUT2D eigenvalue weighted by Crippen LogP contribution is -2.43. The number of amides is 1. The number of aryl methyl sites for hydroxylation is 1. The van der Waals surface area contributed by atoms with Crippen LogP contribution < -0.4 is 10.6 Å². The van der Waals surface area contributed by atoms with E-state index in [1.807, 2.05) is 6.92 Å². The summed E-state index contributed by atoms with van der Waals surface area (Å²) < 4.78 is 0. The minimum Gasteiger partial charge on any atom is -0.352 e. The molecule has 0 spiro atoms. The lowest BCUT2D eigenvalue weighted by atomic mass is 10.1. The summed E-state index contributed by atoms with van der Waals surface area (Å²) in [5.74, 6) is 0.108. The van der Waals surface area contributed by atoms with Gasteiger partial charge in [0.05, 0.1) is 6.04 Å². The fraction of sp³-hybridized carbons (Fsp3) is 0.533. The van der Waals surface area contributed by atoms with Crippen LogP contribution in [-0.2, 0) is 4.79 Å². The zero-order chi connectivity index (χ0) is 13.1. The van der Waals surface area contributed by atoms with E-state index < -0.39 is 0 Å². The van der Waals surface area contributed by atoms with E-state index in [2.05, 4.69) is 48.7 Å². The van der Waals surface area contributed by atoms with E-state index in [0.717, 1.165) is 12.8 Å². The summed E-state index contributed by atoms with van der Waals surface area (Å²) >= 11 is 0. The molecule has 1 amide bonds. The summed E-state index contributed by atoms with van der Waals surface area (Å²) in [5, 5.41) is 6.36. The van der Waals surface area contributed by atoms with Crippen LogP contribution in [0.5, 0.6) is 0 Å². The molecule has 18 heavy (non-hydrogen) atoms. The van der Waals surface area contributed by atoms with Crippen molar-refractivity contribution < 1.29 is 4.79 Å². The molecule has 0 heterocycles. The van der Waals surface area contributed by atoms with E-state index in [0.29, 0.717) is 6.04 Å². The number of carbonyl (C=O) groups is 1. The quantitative estimate of drug-likeness (QED) is 0.837. The first kappa shape index (κ1) is 13.1. The largest absolute Gasteiger partial charge is 0.352 e. The lowest BCUT2D eigenvalue weighted by Gasteiger charge is -2.20. The van der Waals surface area contributed by atoms with Crippen molar-refractivity contribution in [3.63, 3.8) is 0 Å². The number of rotatable bonds is 5. The van der Waals surface area contributed by atoms with Gasteiger partial charge in [-0.1, -0.05) is 29.8 Å². The Bertz CT molecular complexity index is 426. The van der Waals surface area contributed by atoms with Crippen molar-refractivity contribution in [2.75, 3.05) is 0 Å². The van der Waals surface area contributed by atoms with Crippen LogP contribution in [-0.4, -0.2) is 18.0 Å². The second-order valence-corrected chi connectivity index (χ2v) is 5.31. The molecule has 1 aromatic rings. The van der Waals surface area contributed by atoms with Crippen molar-refractivity contribution >= 4 is 5.91 Å². The Morgan fingerprint density at radius 3 is 2.67 bits per heavy atom. The van der Waals surface area contributed by atoms with Crippen LogP contribution in [0.15, 0.2) is 24.3 Å². The molecule has 0 bridgehead atoms. The Morgan fingerprint density at radius 1 is 1.33 bits per heavy atom. The van der Waals surface area contributed by atoms with Crippen molar-refractivity contribution in [2.45, 2.75) is 51.7 Å². The Labute approximate surface area is 109 Å². The Hall–Kier alpha value is -1.35. The van der Waals surface area contributed by atoms with E-state index in [1.54, 1.807) is 0 Å². The van der Waals surface area contributed by atoms with Gasteiger partial charge in [0.25, 0.3) is 0 Å². The van der Waals surface area contributed by atoms with E-state index in [1.165, 1.54) is 11.1 Å². The van der Waals surface area contributed by atoms with E-state index in [-0.39, 0.29) is 18.0 Å². The van der Waals surface area contributed by atoms with Gasteiger partial charge in [0, 0.05) is 12.1 Å². The van der Waals surface area contributed by atoms with Gasteiger partial charge in [-0.05, 0) is 39.2 Å². The molecule has 1 saturated carbocycles.